The van der Waals surface area contributed by atoms with E-state index < -0.39 is 0 Å². The lowest BCUT2D eigenvalue weighted by molar-refractivity contribution is 0.174. The molecule has 0 bridgehead atoms. The number of fused-ring (bicyclic) bond motifs is 1. The normalized spacial score (nSPS) is 15.9. The van der Waals surface area contributed by atoms with Crippen molar-refractivity contribution in [2.75, 3.05) is 37.9 Å². The summed E-state index contributed by atoms with van der Waals surface area (Å²) in [5.74, 6) is 1.50. The highest BCUT2D eigenvalue weighted by Crippen LogP contribution is 2.32. The van der Waals surface area contributed by atoms with E-state index in [4.69, 9.17) is 9.47 Å². The van der Waals surface area contributed by atoms with Crippen molar-refractivity contribution < 1.29 is 14.3 Å². The summed E-state index contributed by atoms with van der Waals surface area (Å²) in [5.41, 5.74) is 3.53. The maximum absolute atomic E-state index is 12.5. The highest BCUT2D eigenvalue weighted by Gasteiger charge is 2.22. The lowest BCUT2D eigenvalue weighted by atomic mass is 10.1. The summed E-state index contributed by atoms with van der Waals surface area (Å²) >= 11 is 0. The number of carbonyl (C=O) groups is 1. The van der Waals surface area contributed by atoms with Crippen molar-refractivity contribution in [3.63, 3.8) is 0 Å². The largest absolute Gasteiger partial charge is 0.454 e. The highest BCUT2D eigenvalue weighted by atomic mass is 16.7. The van der Waals surface area contributed by atoms with Gasteiger partial charge in [-0.1, -0.05) is 24.3 Å². The predicted molar refractivity (Wildman–Crippen MR) is 99.8 cm³/mol. The standard InChI is InChI=1S/C20H23N3O3/c1-15-4-2-3-5-17(15)22-8-10-23(11-9-22)20(24)21-13-16-6-7-18-19(12-16)26-14-25-18/h2-7,12H,8-11,13-14H2,1H3,(H,21,24). The van der Waals surface area contributed by atoms with Crippen LogP contribution in [0.1, 0.15) is 11.1 Å². The molecule has 1 N–H and O–H groups in total. The fraction of sp³-hybridized carbons (Fsp3) is 0.350. The Hall–Kier alpha value is -2.89. The summed E-state index contributed by atoms with van der Waals surface area (Å²) in [6.07, 6.45) is 0. The fourth-order valence-corrected chi connectivity index (χ4v) is 3.41. The van der Waals surface area contributed by atoms with Crippen LogP contribution in [0.3, 0.4) is 0 Å². The number of nitrogens with zero attached hydrogens (tertiary/aromatic N) is 2. The van der Waals surface area contributed by atoms with Crippen LogP contribution in [-0.2, 0) is 6.54 Å². The Morgan fingerprint density at radius 2 is 1.81 bits per heavy atom. The Morgan fingerprint density at radius 3 is 2.62 bits per heavy atom. The third-order valence-corrected chi connectivity index (χ3v) is 4.90. The van der Waals surface area contributed by atoms with E-state index in [1.807, 2.05) is 23.1 Å². The van der Waals surface area contributed by atoms with Crippen LogP contribution in [0.2, 0.25) is 0 Å². The second-order valence-electron chi connectivity index (χ2n) is 6.61. The van der Waals surface area contributed by atoms with E-state index in [-0.39, 0.29) is 12.8 Å². The molecule has 1 fully saturated rings. The molecule has 26 heavy (non-hydrogen) atoms. The second-order valence-corrected chi connectivity index (χ2v) is 6.61. The number of nitrogens with one attached hydrogen (secondary N) is 1. The number of carbonyl (C=O) groups excluding carboxylic acids is 1. The van der Waals surface area contributed by atoms with Crippen molar-refractivity contribution in [3.05, 3.63) is 53.6 Å². The van der Waals surface area contributed by atoms with E-state index in [0.717, 1.165) is 43.2 Å². The number of aryl methyl sites for hydroxylation is 1. The molecule has 0 spiro atoms. The Labute approximate surface area is 153 Å². The number of anilines is 1. The number of para-hydroxylation sites is 1. The molecule has 6 heteroatoms. The minimum Gasteiger partial charge on any atom is -0.454 e. The molecule has 136 valence electrons. The van der Waals surface area contributed by atoms with Gasteiger partial charge in [0.05, 0.1) is 0 Å². The van der Waals surface area contributed by atoms with Crippen LogP contribution in [0.5, 0.6) is 11.5 Å². The zero-order chi connectivity index (χ0) is 17.9. The molecule has 2 aliphatic heterocycles. The van der Waals surface area contributed by atoms with Crippen molar-refractivity contribution in [1.82, 2.24) is 10.2 Å². The monoisotopic (exact) mass is 353 g/mol. The molecule has 0 unspecified atom stereocenters. The molecule has 1 saturated heterocycles. The molecule has 0 atom stereocenters. The lowest BCUT2D eigenvalue weighted by Gasteiger charge is -2.36. The Bertz CT molecular complexity index is 801. The van der Waals surface area contributed by atoms with Crippen molar-refractivity contribution in [1.29, 1.82) is 0 Å². The molecular formula is C20H23N3O3. The lowest BCUT2D eigenvalue weighted by Crippen LogP contribution is -2.51. The summed E-state index contributed by atoms with van der Waals surface area (Å²) in [6, 6.07) is 14.1. The zero-order valence-electron chi connectivity index (χ0n) is 14.9. The van der Waals surface area contributed by atoms with Crippen molar-refractivity contribution in [2.45, 2.75) is 13.5 Å². The molecule has 2 aromatic carbocycles. The molecule has 0 aromatic heterocycles. The summed E-state index contributed by atoms with van der Waals surface area (Å²) < 4.78 is 10.7. The van der Waals surface area contributed by atoms with Crippen LogP contribution in [-0.4, -0.2) is 43.9 Å². The number of ether oxygens (including phenoxy) is 2. The summed E-state index contributed by atoms with van der Waals surface area (Å²) in [6.45, 7) is 6.01. The SMILES string of the molecule is Cc1ccccc1N1CCN(C(=O)NCc2ccc3c(c2)OCO3)CC1. The van der Waals surface area contributed by atoms with E-state index in [9.17, 15) is 4.79 Å². The van der Waals surface area contributed by atoms with Gasteiger partial charge in [-0.25, -0.2) is 4.79 Å². The Balaban J connectivity index is 1.29. The molecule has 0 radical (unpaired) electrons. The van der Waals surface area contributed by atoms with Gasteiger partial charge in [0.2, 0.25) is 6.79 Å². The number of urea groups is 1. The first-order valence-corrected chi connectivity index (χ1v) is 8.92. The summed E-state index contributed by atoms with van der Waals surface area (Å²) in [4.78, 5) is 16.7. The van der Waals surface area contributed by atoms with Crippen LogP contribution in [0.4, 0.5) is 10.5 Å². The van der Waals surface area contributed by atoms with Crippen LogP contribution < -0.4 is 19.7 Å². The van der Waals surface area contributed by atoms with Gasteiger partial charge >= 0.3 is 6.03 Å². The quantitative estimate of drug-likeness (QED) is 0.922. The average molecular weight is 353 g/mol. The second kappa shape index (κ2) is 7.15. The molecule has 0 aliphatic carbocycles. The molecule has 2 aliphatic rings. The molecule has 2 aromatic rings. The smallest absolute Gasteiger partial charge is 0.317 e. The number of piperazine rings is 1. The molecule has 2 heterocycles. The summed E-state index contributed by atoms with van der Waals surface area (Å²) in [5, 5.41) is 3.00. The Morgan fingerprint density at radius 1 is 1.04 bits per heavy atom. The average Bonchev–Trinajstić information content (AvgIpc) is 3.14. The van der Waals surface area contributed by atoms with E-state index in [0.29, 0.717) is 6.54 Å². The van der Waals surface area contributed by atoms with Gasteiger partial charge in [-0.05, 0) is 36.2 Å². The first-order valence-electron chi connectivity index (χ1n) is 8.92. The topological polar surface area (TPSA) is 54.0 Å². The number of amides is 2. The van der Waals surface area contributed by atoms with E-state index in [2.05, 4.69) is 41.4 Å². The molecule has 6 nitrogen and oxygen atoms in total. The fourth-order valence-electron chi connectivity index (χ4n) is 3.41. The van der Waals surface area contributed by atoms with E-state index in [1.165, 1.54) is 11.3 Å². The van der Waals surface area contributed by atoms with Crippen molar-refractivity contribution >= 4 is 11.7 Å². The number of hydrogen-bond acceptors (Lipinski definition) is 4. The minimum atomic E-state index is -0.0212. The van der Waals surface area contributed by atoms with Gasteiger partial charge in [-0.15, -0.1) is 0 Å². The molecule has 2 amide bonds. The van der Waals surface area contributed by atoms with Crippen molar-refractivity contribution in [2.24, 2.45) is 0 Å². The maximum atomic E-state index is 12.5. The molecule has 0 saturated carbocycles. The zero-order valence-corrected chi connectivity index (χ0v) is 14.9. The number of rotatable bonds is 3. The van der Waals surface area contributed by atoms with E-state index in [1.54, 1.807) is 0 Å². The maximum Gasteiger partial charge on any atom is 0.317 e. The van der Waals surface area contributed by atoms with E-state index >= 15 is 0 Å². The van der Waals surface area contributed by atoms with Gasteiger partial charge in [0, 0.05) is 38.4 Å². The first kappa shape index (κ1) is 16.6. The van der Waals surface area contributed by atoms with Gasteiger partial charge in [0.15, 0.2) is 11.5 Å². The van der Waals surface area contributed by atoms with Gasteiger partial charge in [0.25, 0.3) is 0 Å². The van der Waals surface area contributed by atoms with Crippen LogP contribution in [0.15, 0.2) is 42.5 Å². The third-order valence-electron chi connectivity index (χ3n) is 4.90. The first-order chi connectivity index (χ1) is 12.7. The minimum absolute atomic E-state index is 0.0212. The third kappa shape index (κ3) is 3.40. The molecule has 4 rings (SSSR count). The van der Waals surface area contributed by atoms with Crippen molar-refractivity contribution in [3.8, 4) is 11.5 Å². The predicted octanol–water partition coefficient (Wildman–Crippen LogP) is 2.76. The van der Waals surface area contributed by atoms with Gasteiger partial charge < -0.3 is 24.6 Å². The Kier molecular flexibility index (Phi) is 4.56. The number of benzene rings is 2. The van der Waals surface area contributed by atoms with Gasteiger partial charge in [0.1, 0.15) is 0 Å². The number of hydrogen-bond donors (Lipinski definition) is 1. The van der Waals surface area contributed by atoms with Gasteiger partial charge in [-0.3, -0.25) is 0 Å². The summed E-state index contributed by atoms with van der Waals surface area (Å²) in [7, 11) is 0. The highest BCUT2D eigenvalue weighted by molar-refractivity contribution is 5.74. The van der Waals surface area contributed by atoms with Crippen LogP contribution in [0.25, 0.3) is 0 Å². The van der Waals surface area contributed by atoms with Crippen LogP contribution >= 0.6 is 0 Å². The molecular weight excluding hydrogens is 330 g/mol. The van der Waals surface area contributed by atoms with Gasteiger partial charge in [-0.2, -0.15) is 0 Å². The van der Waals surface area contributed by atoms with Crippen LogP contribution in [0, 0.1) is 6.92 Å².